The summed E-state index contributed by atoms with van der Waals surface area (Å²) in [5.41, 5.74) is 0. The van der Waals surface area contributed by atoms with Crippen LogP contribution in [0.4, 0.5) is 0 Å². The number of nitrogens with one attached hydrogen (secondary N) is 2. The summed E-state index contributed by atoms with van der Waals surface area (Å²) >= 11 is 0. The number of rotatable bonds is 21. The van der Waals surface area contributed by atoms with Gasteiger partial charge in [-0.3, -0.25) is 9.59 Å². The van der Waals surface area contributed by atoms with E-state index in [2.05, 4.69) is 16.6 Å². The number of carbonyl (C=O) groups excluding carboxylic acids is 2. The predicted molar refractivity (Wildman–Crippen MR) is 130 cm³/mol. The van der Waals surface area contributed by atoms with E-state index in [4.69, 9.17) is 25.4 Å². The normalized spacial score (nSPS) is 18.1. The highest BCUT2D eigenvalue weighted by molar-refractivity contribution is 5.85. The Hall–Kier alpha value is -2.19. The van der Waals surface area contributed by atoms with Crippen molar-refractivity contribution in [2.24, 2.45) is 11.8 Å². The lowest BCUT2D eigenvalue weighted by molar-refractivity contribution is -0.142. The van der Waals surface area contributed by atoms with Gasteiger partial charge in [0.1, 0.15) is 12.6 Å². The zero-order valence-corrected chi connectivity index (χ0v) is 20.9. The first-order chi connectivity index (χ1) is 17.0. The van der Waals surface area contributed by atoms with Gasteiger partial charge in [-0.2, -0.15) is 0 Å². The molecule has 1 aliphatic carbocycles. The molecule has 0 aromatic carbocycles. The standard InChI is InChI=1S/C25H42N2O8/c1-3-5-6-22(25(30)31)27-24(29)21-8-7-20(18-21)19-23(28)26-9-11-33-13-15-35-17-16-34-14-12-32-10-4-2/h2,20-22H,3,5-19H2,1H3,(H,26,28)(H,27,29)(H,30,31). The molecule has 1 aliphatic rings. The Bertz CT molecular complexity index is 652. The van der Waals surface area contributed by atoms with Crippen molar-refractivity contribution < 1.29 is 38.4 Å². The fraction of sp³-hybridized carbons (Fsp3) is 0.800. The summed E-state index contributed by atoms with van der Waals surface area (Å²) in [5, 5.41) is 14.8. The van der Waals surface area contributed by atoms with E-state index in [1.165, 1.54) is 0 Å². The third-order valence-electron chi connectivity index (χ3n) is 5.72. The molecule has 200 valence electrons. The molecule has 35 heavy (non-hydrogen) atoms. The number of carbonyl (C=O) groups is 3. The van der Waals surface area contributed by atoms with Crippen LogP contribution >= 0.6 is 0 Å². The van der Waals surface area contributed by atoms with Crippen LogP contribution < -0.4 is 10.6 Å². The molecule has 0 aliphatic heterocycles. The van der Waals surface area contributed by atoms with Crippen LogP contribution in [0.5, 0.6) is 0 Å². The quantitative estimate of drug-likeness (QED) is 0.160. The second kappa shape index (κ2) is 20.0. The monoisotopic (exact) mass is 498 g/mol. The Balaban J connectivity index is 2.02. The number of terminal acetylenes is 1. The van der Waals surface area contributed by atoms with Crippen molar-refractivity contribution in [2.75, 3.05) is 59.4 Å². The van der Waals surface area contributed by atoms with Gasteiger partial charge in [-0.1, -0.05) is 25.7 Å². The Morgan fingerprint density at radius 3 is 2.23 bits per heavy atom. The van der Waals surface area contributed by atoms with E-state index in [0.29, 0.717) is 78.5 Å². The van der Waals surface area contributed by atoms with E-state index in [1.807, 2.05) is 6.92 Å². The predicted octanol–water partition coefficient (Wildman–Crippen LogP) is 1.37. The van der Waals surface area contributed by atoms with Crippen LogP contribution in [0.2, 0.25) is 0 Å². The summed E-state index contributed by atoms with van der Waals surface area (Å²) < 4.78 is 21.2. The molecule has 3 N–H and O–H groups in total. The van der Waals surface area contributed by atoms with Crippen LogP contribution in [0, 0.1) is 24.2 Å². The molecule has 10 nitrogen and oxygen atoms in total. The van der Waals surface area contributed by atoms with Gasteiger partial charge < -0.3 is 34.7 Å². The molecule has 0 spiro atoms. The van der Waals surface area contributed by atoms with Gasteiger partial charge in [0.15, 0.2) is 0 Å². The number of amides is 2. The minimum absolute atomic E-state index is 0.0642. The maximum Gasteiger partial charge on any atom is 0.326 e. The molecular formula is C25H42N2O8. The van der Waals surface area contributed by atoms with Gasteiger partial charge in [0, 0.05) is 18.9 Å². The number of aliphatic carboxylic acids is 1. The number of ether oxygens (including phenoxy) is 4. The van der Waals surface area contributed by atoms with Gasteiger partial charge in [0.25, 0.3) is 0 Å². The third-order valence-corrected chi connectivity index (χ3v) is 5.72. The SMILES string of the molecule is C#CCOCCOCCOCCOCCNC(=O)CC1CCC(C(=O)NC(CCCC)C(=O)O)C1. The van der Waals surface area contributed by atoms with Gasteiger partial charge in [0.2, 0.25) is 11.8 Å². The van der Waals surface area contributed by atoms with Crippen molar-refractivity contribution in [2.45, 2.75) is 57.9 Å². The molecule has 3 unspecified atom stereocenters. The van der Waals surface area contributed by atoms with Crippen LogP contribution in [-0.2, 0) is 33.3 Å². The Morgan fingerprint density at radius 1 is 1.00 bits per heavy atom. The van der Waals surface area contributed by atoms with Gasteiger partial charge >= 0.3 is 5.97 Å². The van der Waals surface area contributed by atoms with Gasteiger partial charge in [-0.15, -0.1) is 6.42 Å². The number of hydrogen-bond donors (Lipinski definition) is 3. The van der Waals surface area contributed by atoms with Crippen LogP contribution in [-0.4, -0.2) is 88.3 Å². The van der Waals surface area contributed by atoms with E-state index in [1.54, 1.807) is 0 Å². The molecule has 1 fully saturated rings. The maximum absolute atomic E-state index is 12.5. The summed E-state index contributed by atoms with van der Waals surface area (Å²) in [7, 11) is 0. The third kappa shape index (κ3) is 15.4. The van der Waals surface area contributed by atoms with Crippen molar-refractivity contribution in [1.29, 1.82) is 0 Å². The van der Waals surface area contributed by atoms with E-state index >= 15 is 0 Å². The average Bonchev–Trinajstić information content (AvgIpc) is 3.30. The van der Waals surface area contributed by atoms with Gasteiger partial charge in [-0.05, 0) is 31.6 Å². The second-order valence-electron chi connectivity index (χ2n) is 8.57. The van der Waals surface area contributed by atoms with E-state index in [9.17, 15) is 19.5 Å². The first-order valence-electron chi connectivity index (χ1n) is 12.5. The number of unbranched alkanes of at least 4 members (excludes halogenated alkanes) is 1. The highest BCUT2D eigenvalue weighted by atomic mass is 16.6. The van der Waals surface area contributed by atoms with Crippen LogP contribution in [0.25, 0.3) is 0 Å². The van der Waals surface area contributed by atoms with Crippen LogP contribution in [0.1, 0.15) is 51.9 Å². The van der Waals surface area contributed by atoms with Gasteiger partial charge in [0.05, 0.1) is 46.2 Å². The minimum Gasteiger partial charge on any atom is -0.480 e. The molecule has 0 saturated heterocycles. The molecule has 10 heteroatoms. The molecule has 2 amide bonds. The summed E-state index contributed by atoms with van der Waals surface area (Å²) in [6.45, 7) is 5.80. The highest BCUT2D eigenvalue weighted by Crippen LogP contribution is 2.33. The fourth-order valence-electron chi connectivity index (χ4n) is 3.84. The van der Waals surface area contributed by atoms with Gasteiger partial charge in [-0.25, -0.2) is 4.79 Å². The Labute approximate surface area is 208 Å². The second-order valence-corrected chi connectivity index (χ2v) is 8.57. The molecule has 1 rings (SSSR count). The van der Waals surface area contributed by atoms with Crippen LogP contribution in [0.3, 0.4) is 0 Å². The fourth-order valence-corrected chi connectivity index (χ4v) is 3.84. The molecular weight excluding hydrogens is 456 g/mol. The summed E-state index contributed by atoms with van der Waals surface area (Å²) in [6, 6.07) is -0.840. The zero-order chi connectivity index (χ0) is 25.7. The summed E-state index contributed by atoms with van der Waals surface area (Å²) in [5.74, 6) is 1.00. The molecule has 0 bridgehead atoms. The average molecular weight is 499 g/mol. The van der Waals surface area contributed by atoms with Crippen molar-refractivity contribution >= 4 is 17.8 Å². The molecule has 1 saturated carbocycles. The molecule has 3 atom stereocenters. The van der Waals surface area contributed by atoms with E-state index < -0.39 is 12.0 Å². The smallest absolute Gasteiger partial charge is 0.326 e. The van der Waals surface area contributed by atoms with E-state index in [-0.39, 0.29) is 30.3 Å². The first-order valence-corrected chi connectivity index (χ1v) is 12.5. The lowest BCUT2D eigenvalue weighted by Crippen LogP contribution is -2.43. The summed E-state index contributed by atoms with van der Waals surface area (Å²) in [6.07, 6.45) is 9.55. The Kier molecular flexibility index (Phi) is 17.7. The minimum atomic E-state index is -0.998. The molecule has 0 aromatic rings. The number of carboxylic acids is 1. The van der Waals surface area contributed by atoms with Crippen molar-refractivity contribution in [3.05, 3.63) is 0 Å². The highest BCUT2D eigenvalue weighted by Gasteiger charge is 2.32. The van der Waals surface area contributed by atoms with Crippen molar-refractivity contribution in [1.82, 2.24) is 10.6 Å². The van der Waals surface area contributed by atoms with Crippen LogP contribution in [0.15, 0.2) is 0 Å². The first kappa shape index (κ1) is 30.8. The van der Waals surface area contributed by atoms with E-state index in [0.717, 1.165) is 19.3 Å². The van der Waals surface area contributed by atoms with Crippen molar-refractivity contribution in [3.8, 4) is 12.3 Å². The topological polar surface area (TPSA) is 132 Å². The lowest BCUT2D eigenvalue weighted by atomic mass is 10.00. The molecule has 0 radical (unpaired) electrons. The summed E-state index contributed by atoms with van der Waals surface area (Å²) in [4.78, 5) is 36.0. The zero-order valence-electron chi connectivity index (χ0n) is 20.9. The lowest BCUT2D eigenvalue weighted by Gasteiger charge is -2.17. The maximum atomic E-state index is 12.5. The van der Waals surface area contributed by atoms with Crippen molar-refractivity contribution in [3.63, 3.8) is 0 Å². The largest absolute Gasteiger partial charge is 0.480 e. The Morgan fingerprint density at radius 2 is 1.63 bits per heavy atom. The molecule has 0 aromatic heterocycles. The number of carboxylic acid groups (broad SMARTS) is 1. The number of hydrogen-bond acceptors (Lipinski definition) is 7. The molecule has 0 heterocycles.